The van der Waals surface area contributed by atoms with E-state index in [0.717, 1.165) is 23.3 Å². The van der Waals surface area contributed by atoms with E-state index in [4.69, 9.17) is 11.6 Å². The van der Waals surface area contributed by atoms with Gasteiger partial charge in [0.2, 0.25) is 0 Å². The fraction of sp³-hybridized carbons (Fsp3) is 0.615. The minimum Gasteiger partial charge on any atom is -0.365 e. The van der Waals surface area contributed by atoms with Crippen LogP contribution in [0.1, 0.15) is 20.3 Å². The number of hydrogen-bond donors (Lipinski definition) is 1. The monoisotopic (exact) mass is 333 g/mol. The smallest absolute Gasteiger partial charge is 0.140 e. The Hall–Kier alpha value is -0.320. The van der Waals surface area contributed by atoms with Crippen molar-refractivity contribution in [2.45, 2.75) is 26.3 Å². The lowest BCUT2D eigenvalue weighted by molar-refractivity contribution is 0.356. The van der Waals surface area contributed by atoms with Gasteiger partial charge < -0.3 is 10.2 Å². The number of anilines is 1. The summed E-state index contributed by atoms with van der Waals surface area (Å²) in [7, 11) is 4.17. The highest BCUT2D eigenvalue weighted by atomic mass is 79.9. The molecule has 0 aliphatic heterocycles. The maximum atomic E-state index is 5.89. The van der Waals surface area contributed by atoms with Crippen LogP contribution >= 0.6 is 27.5 Å². The maximum absolute atomic E-state index is 5.89. The van der Waals surface area contributed by atoms with E-state index < -0.39 is 0 Å². The molecule has 1 rings (SSSR count). The molecule has 1 heterocycles. The van der Waals surface area contributed by atoms with E-state index in [1.54, 1.807) is 6.20 Å². The summed E-state index contributed by atoms with van der Waals surface area (Å²) in [5, 5.41) is 4.12. The van der Waals surface area contributed by atoms with Gasteiger partial charge in [0.25, 0.3) is 0 Å². The van der Waals surface area contributed by atoms with E-state index in [9.17, 15) is 0 Å². The van der Waals surface area contributed by atoms with Crippen LogP contribution in [0.5, 0.6) is 0 Å². The molecule has 0 saturated heterocycles. The maximum Gasteiger partial charge on any atom is 0.140 e. The lowest BCUT2D eigenvalue weighted by atomic mass is 10.0. The van der Waals surface area contributed by atoms with E-state index in [2.05, 4.69) is 59.1 Å². The molecule has 1 aromatic heterocycles. The third kappa shape index (κ3) is 5.55. The fourth-order valence-electron chi connectivity index (χ4n) is 1.90. The van der Waals surface area contributed by atoms with Crippen molar-refractivity contribution < 1.29 is 0 Å². The van der Waals surface area contributed by atoms with Crippen molar-refractivity contribution >= 4 is 33.3 Å². The van der Waals surface area contributed by atoms with Crippen molar-refractivity contribution in [3.05, 3.63) is 21.8 Å². The van der Waals surface area contributed by atoms with E-state index >= 15 is 0 Å². The lowest BCUT2D eigenvalue weighted by Gasteiger charge is -2.24. The Morgan fingerprint density at radius 1 is 1.44 bits per heavy atom. The molecule has 1 atom stereocenters. The third-order valence-corrected chi connectivity index (χ3v) is 3.30. The van der Waals surface area contributed by atoms with Crippen LogP contribution in [0.15, 0.2) is 16.7 Å². The zero-order chi connectivity index (χ0) is 13.7. The van der Waals surface area contributed by atoms with Gasteiger partial charge >= 0.3 is 0 Å². The summed E-state index contributed by atoms with van der Waals surface area (Å²) in [6.45, 7) is 5.44. The van der Waals surface area contributed by atoms with E-state index in [1.165, 1.54) is 0 Å². The van der Waals surface area contributed by atoms with Crippen LogP contribution in [-0.2, 0) is 0 Å². The van der Waals surface area contributed by atoms with Crippen LogP contribution in [0.4, 0.5) is 5.82 Å². The number of halogens is 2. The number of rotatable bonds is 6. The molecule has 3 nitrogen and oxygen atoms in total. The van der Waals surface area contributed by atoms with Crippen molar-refractivity contribution in [2.24, 2.45) is 5.92 Å². The van der Waals surface area contributed by atoms with Gasteiger partial charge in [0.15, 0.2) is 0 Å². The molecule has 0 aliphatic carbocycles. The zero-order valence-electron chi connectivity index (χ0n) is 11.4. The molecular formula is C13H21BrClN3. The molecule has 1 N–H and O–H groups in total. The van der Waals surface area contributed by atoms with Gasteiger partial charge in [0.05, 0.1) is 9.50 Å². The molecule has 0 bridgehead atoms. The van der Waals surface area contributed by atoms with Gasteiger partial charge in [0, 0.05) is 18.8 Å². The molecule has 0 saturated carbocycles. The molecule has 1 unspecified atom stereocenters. The van der Waals surface area contributed by atoms with Gasteiger partial charge in [0.1, 0.15) is 5.82 Å². The molecule has 0 aromatic carbocycles. The fourth-order valence-corrected chi connectivity index (χ4v) is 2.66. The first kappa shape index (κ1) is 15.7. The number of nitrogens with zero attached hydrogens (tertiary/aromatic N) is 2. The van der Waals surface area contributed by atoms with Crippen LogP contribution in [0, 0.1) is 5.92 Å². The SMILES string of the molecule is CC(C)CC(CN(C)C)Nc1ncc(Cl)cc1Br. The average Bonchev–Trinajstić information content (AvgIpc) is 2.20. The second-order valence-corrected chi connectivity index (χ2v) is 6.51. The summed E-state index contributed by atoms with van der Waals surface area (Å²) in [5.41, 5.74) is 0. The van der Waals surface area contributed by atoms with E-state index in [0.29, 0.717) is 17.0 Å². The van der Waals surface area contributed by atoms with Crippen LogP contribution in [0.25, 0.3) is 0 Å². The summed E-state index contributed by atoms with van der Waals surface area (Å²) in [6, 6.07) is 2.24. The largest absolute Gasteiger partial charge is 0.365 e. The van der Waals surface area contributed by atoms with Crippen molar-refractivity contribution in [2.75, 3.05) is 26.0 Å². The van der Waals surface area contributed by atoms with Gasteiger partial charge in [-0.2, -0.15) is 0 Å². The predicted octanol–water partition coefficient (Wildman–Crippen LogP) is 3.89. The summed E-state index contributed by atoms with van der Waals surface area (Å²) >= 11 is 9.38. The summed E-state index contributed by atoms with van der Waals surface area (Å²) in [6.07, 6.45) is 2.77. The number of likely N-dealkylation sites (N-methyl/N-ethyl adjacent to an activating group) is 1. The van der Waals surface area contributed by atoms with Gasteiger partial charge in [-0.05, 0) is 48.4 Å². The second kappa shape index (κ2) is 7.31. The molecule has 0 radical (unpaired) electrons. The predicted molar refractivity (Wildman–Crippen MR) is 82.4 cm³/mol. The molecule has 0 aliphatic rings. The van der Waals surface area contributed by atoms with Crippen LogP contribution in [0.2, 0.25) is 5.02 Å². The first-order valence-corrected chi connectivity index (χ1v) is 7.28. The number of aromatic nitrogens is 1. The van der Waals surface area contributed by atoms with Crippen LogP contribution in [-0.4, -0.2) is 36.6 Å². The minimum absolute atomic E-state index is 0.380. The van der Waals surface area contributed by atoms with E-state index in [1.807, 2.05) is 6.07 Å². The normalized spacial score (nSPS) is 13.1. The third-order valence-electron chi connectivity index (χ3n) is 2.49. The Bertz CT molecular complexity index is 372. The second-order valence-electron chi connectivity index (χ2n) is 5.22. The highest BCUT2D eigenvalue weighted by molar-refractivity contribution is 9.10. The minimum atomic E-state index is 0.380. The number of hydrogen-bond acceptors (Lipinski definition) is 3. The summed E-state index contributed by atoms with van der Waals surface area (Å²) < 4.78 is 0.905. The number of nitrogens with one attached hydrogen (secondary N) is 1. The summed E-state index contributed by atoms with van der Waals surface area (Å²) in [4.78, 5) is 6.51. The van der Waals surface area contributed by atoms with Gasteiger partial charge in [-0.25, -0.2) is 4.98 Å². The van der Waals surface area contributed by atoms with Crippen molar-refractivity contribution in [1.82, 2.24) is 9.88 Å². The topological polar surface area (TPSA) is 28.2 Å². The molecule has 0 spiro atoms. The molecule has 18 heavy (non-hydrogen) atoms. The average molecular weight is 335 g/mol. The highest BCUT2D eigenvalue weighted by Gasteiger charge is 2.14. The molecule has 102 valence electrons. The standard InChI is InChI=1S/C13H21BrClN3/c1-9(2)5-11(8-18(3)4)17-13-12(14)6-10(15)7-16-13/h6-7,9,11H,5,8H2,1-4H3,(H,16,17). The van der Waals surface area contributed by atoms with Gasteiger partial charge in [-0.3, -0.25) is 0 Å². The van der Waals surface area contributed by atoms with Crippen molar-refractivity contribution in [3.63, 3.8) is 0 Å². The Balaban J connectivity index is 2.75. The Kier molecular flexibility index (Phi) is 6.39. The quantitative estimate of drug-likeness (QED) is 0.855. The Morgan fingerprint density at radius 2 is 2.11 bits per heavy atom. The van der Waals surface area contributed by atoms with Gasteiger partial charge in [-0.15, -0.1) is 0 Å². The summed E-state index contributed by atoms with van der Waals surface area (Å²) in [5.74, 6) is 1.50. The Morgan fingerprint density at radius 3 is 2.61 bits per heavy atom. The van der Waals surface area contributed by atoms with Gasteiger partial charge in [-0.1, -0.05) is 25.4 Å². The van der Waals surface area contributed by atoms with Crippen molar-refractivity contribution in [3.8, 4) is 0 Å². The molecule has 0 amide bonds. The van der Waals surface area contributed by atoms with Crippen molar-refractivity contribution in [1.29, 1.82) is 0 Å². The Labute approximate surface area is 123 Å². The first-order valence-electron chi connectivity index (χ1n) is 6.10. The van der Waals surface area contributed by atoms with Crippen LogP contribution < -0.4 is 5.32 Å². The molecule has 0 fully saturated rings. The molecule has 1 aromatic rings. The van der Waals surface area contributed by atoms with E-state index in [-0.39, 0.29) is 0 Å². The molecule has 5 heteroatoms. The zero-order valence-corrected chi connectivity index (χ0v) is 13.7. The van der Waals surface area contributed by atoms with Crippen LogP contribution in [0.3, 0.4) is 0 Å². The highest BCUT2D eigenvalue weighted by Crippen LogP contribution is 2.24. The number of pyridine rings is 1. The lowest BCUT2D eigenvalue weighted by Crippen LogP contribution is -2.33. The first-order chi connectivity index (χ1) is 8.38. The molecular weight excluding hydrogens is 314 g/mol.